The van der Waals surface area contributed by atoms with E-state index in [1.807, 2.05) is 31.2 Å². The molecule has 21 heavy (non-hydrogen) atoms. The number of aryl methyl sites for hydroxylation is 1. The summed E-state index contributed by atoms with van der Waals surface area (Å²) in [5.74, 6) is 0.255. The molecule has 5 heteroatoms. The van der Waals surface area contributed by atoms with Gasteiger partial charge >= 0.3 is 5.97 Å². The van der Waals surface area contributed by atoms with Crippen LogP contribution in [0.2, 0.25) is 0 Å². The van der Waals surface area contributed by atoms with Crippen molar-refractivity contribution >= 4 is 11.8 Å². The number of pyridine rings is 1. The zero-order valence-corrected chi connectivity index (χ0v) is 12.1. The lowest BCUT2D eigenvalue weighted by Crippen LogP contribution is -2.11. The van der Waals surface area contributed by atoms with E-state index in [1.165, 1.54) is 0 Å². The number of hydrogen-bond acceptors (Lipinski definition) is 4. The van der Waals surface area contributed by atoms with Crippen LogP contribution in [0.25, 0.3) is 0 Å². The van der Waals surface area contributed by atoms with Crippen LogP contribution in [0.15, 0.2) is 36.4 Å². The monoisotopic (exact) mass is 286 g/mol. The van der Waals surface area contributed by atoms with Crippen LogP contribution in [-0.2, 0) is 6.42 Å². The first kappa shape index (κ1) is 14.8. The number of benzene rings is 1. The van der Waals surface area contributed by atoms with Crippen molar-refractivity contribution in [2.75, 3.05) is 19.0 Å². The Balaban J connectivity index is 1.99. The average molecular weight is 286 g/mol. The van der Waals surface area contributed by atoms with Crippen LogP contribution in [0.5, 0.6) is 5.75 Å². The quantitative estimate of drug-likeness (QED) is 0.854. The van der Waals surface area contributed by atoms with E-state index in [2.05, 4.69) is 10.3 Å². The van der Waals surface area contributed by atoms with Gasteiger partial charge in [-0.05, 0) is 43.2 Å². The second-order valence-electron chi connectivity index (χ2n) is 4.68. The second kappa shape index (κ2) is 6.74. The van der Waals surface area contributed by atoms with Gasteiger partial charge in [-0.15, -0.1) is 0 Å². The van der Waals surface area contributed by atoms with Gasteiger partial charge < -0.3 is 15.2 Å². The van der Waals surface area contributed by atoms with Crippen LogP contribution in [-0.4, -0.2) is 29.7 Å². The van der Waals surface area contributed by atoms with Crippen molar-refractivity contribution in [2.45, 2.75) is 13.3 Å². The molecular formula is C16H18N2O3. The second-order valence-corrected chi connectivity index (χ2v) is 4.68. The molecule has 2 N–H and O–H groups in total. The minimum Gasteiger partial charge on any atom is -0.497 e. The summed E-state index contributed by atoms with van der Waals surface area (Å²) in [6.07, 6.45) is 0.776. The largest absolute Gasteiger partial charge is 0.497 e. The summed E-state index contributed by atoms with van der Waals surface area (Å²) in [5.41, 5.74) is 2.12. The van der Waals surface area contributed by atoms with E-state index in [4.69, 9.17) is 9.84 Å². The highest BCUT2D eigenvalue weighted by molar-refractivity contribution is 5.93. The predicted octanol–water partition coefficient (Wildman–Crippen LogP) is 2.75. The number of carboxylic acids is 1. The van der Waals surface area contributed by atoms with Gasteiger partial charge in [0.05, 0.1) is 7.11 Å². The first-order valence-electron chi connectivity index (χ1n) is 6.68. The van der Waals surface area contributed by atoms with Crippen molar-refractivity contribution in [1.29, 1.82) is 0 Å². The summed E-state index contributed by atoms with van der Waals surface area (Å²) in [6.45, 7) is 2.45. The van der Waals surface area contributed by atoms with Gasteiger partial charge in [0, 0.05) is 12.2 Å². The number of anilines is 1. The Morgan fingerprint density at radius 1 is 1.24 bits per heavy atom. The summed E-state index contributed by atoms with van der Waals surface area (Å²) in [5, 5.41) is 12.2. The van der Waals surface area contributed by atoms with Crippen molar-refractivity contribution in [3.05, 3.63) is 53.2 Å². The number of aromatic nitrogens is 1. The highest BCUT2D eigenvalue weighted by Crippen LogP contribution is 2.15. The summed E-state index contributed by atoms with van der Waals surface area (Å²) in [6, 6.07) is 11.1. The van der Waals surface area contributed by atoms with Gasteiger partial charge in [0.2, 0.25) is 0 Å². The molecule has 0 radical (unpaired) electrons. The third-order valence-electron chi connectivity index (χ3n) is 3.13. The lowest BCUT2D eigenvalue weighted by molar-refractivity contribution is 0.0697. The fourth-order valence-electron chi connectivity index (χ4n) is 1.98. The van der Waals surface area contributed by atoms with Crippen molar-refractivity contribution < 1.29 is 14.6 Å². The number of hydrogen-bond donors (Lipinski definition) is 2. The Kier molecular flexibility index (Phi) is 4.77. The Hall–Kier alpha value is -2.56. The van der Waals surface area contributed by atoms with Gasteiger partial charge in [-0.1, -0.05) is 12.1 Å². The van der Waals surface area contributed by atoms with Gasteiger partial charge in [0.1, 0.15) is 17.1 Å². The maximum absolute atomic E-state index is 11.1. The number of carboxylic acid groups (broad SMARTS) is 1. The molecule has 0 spiro atoms. The van der Waals surface area contributed by atoms with Gasteiger partial charge in [0.25, 0.3) is 0 Å². The molecule has 0 aliphatic carbocycles. The lowest BCUT2D eigenvalue weighted by Gasteiger charge is -2.09. The number of nitrogens with zero attached hydrogens (tertiary/aromatic N) is 1. The number of aromatic carboxylic acids is 1. The summed E-state index contributed by atoms with van der Waals surface area (Å²) in [4.78, 5) is 15.4. The summed E-state index contributed by atoms with van der Waals surface area (Å²) in [7, 11) is 1.63. The van der Waals surface area contributed by atoms with E-state index in [0.29, 0.717) is 12.4 Å². The van der Waals surface area contributed by atoms with E-state index in [-0.39, 0.29) is 5.56 Å². The normalized spacial score (nSPS) is 10.2. The Morgan fingerprint density at radius 2 is 1.95 bits per heavy atom. The maximum atomic E-state index is 11.1. The van der Waals surface area contributed by atoms with Gasteiger partial charge in [-0.2, -0.15) is 0 Å². The van der Waals surface area contributed by atoms with E-state index in [9.17, 15) is 4.79 Å². The van der Waals surface area contributed by atoms with Crippen molar-refractivity contribution in [2.24, 2.45) is 0 Å². The maximum Gasteiger partial charge on any atom is 0.339 e. The Bertz CT molecular complexity index is 624. The first-order chi connectivity index (χ1) is 10.1. The zero-order chi connectivity index (χ0) is 15.2. The predicted molar refractivity (Wildman–Crippen MR) is 81.1 cm³/mol. The smallest absolute Gasteiger partial charge is 0.339 e. The molecule has 5 nitrogen and oxygen atoms in total. The number of rotatable bonds is 6. The van der Waals surface area contributed by atoms with Crippen LogP contribution in [0, 0.1) is 6.92 Å². The topological polar surface area (TPSA) is 71.5 Å². The number of methoxy groups -OCH3 is 1. The van der Waals surface area contributed by atoms with Crippen molar-refractivity contribution in [1.82, 2.24) is 4.98 Å². The number of carbonyl (C=O) groups is 1. The molecule has 0 aliphatic heterocycles. The SMILES string of the molecule is COc1ccc(CCNc2nc(C)ccc2C(=O)O)cc1. The molecule has 1 aromatic carbocycles. The molecule has 2 aromatic rings. The van der Waals surface area contributed by atoms with E-state index in [1.54, 1.807) is 19.2 Å². The van der Waals surface area contributed by atoms with E-state index in [0.717, 1.165) is 23.4 Å². The molecule has 0 unspecified atom stereocenters. The minimum absolute atomic E-state index is 0.190. The lowest BCUT2D eigenvalue weighted by atomic mass is 10.1. The molecule has 0 saturated carbocycles. The zero-order valence-electron chi connectivity index (χ0n) is 12.1. The molecule has 1 aromatic heterocycles. The van der Waals surface area contributed by atoms with Crippen molar-refractivity contribution in [3.8, 4) is 5.75 Å². The number of nitrogens with one attached hydrogen (secondary N) is 1. The summed E-state index contributed by atoms with van der Waals surface area (Å²) >= 11 is 0. The first-order valence-corrected chi connectivity index (χ1v) is 6.68. The molecular weight excluding hydrogens is 268 g/mol. The Labute approximate surface area is 123 Å². The third-order valence-corrected chi connectivity index (χ3v) is 3.13. The minimum atomic E-state index is -0.977. The van der Waals surface area contributed by atoms with Gasteiger partial charge in [0.15, 0.2) is 0 Å². The highest BCUT2D eigenvalue weighted by Gasteiger charge is 2.10. The van der Waals surface area contributed by atoms with Gasteiger partial charge in [-0.3, -0.25) is 0 Å². The fraction of sp³-hybridized carbons (Fsp3) is 0.250. The van der Waals surface area contributed by atoms with E-state index < -0.39 is 5.97 Å². The molecule has 0 bridgehead atoms. The third kappa shape index (κ3) is 3.95. The molecule has 0 aliphatic rings. The molecule has 2 rings (SSSR count). The molecule has 0 fully saturated rings. The molecule has 110 valence electrons. The van der Waals surface area contributed by atoms with Crippen LogP contribution in [0.1, 0.15) is 21.6 Å². The van der Waals surface area contributed by atoms with Crippen LogP contribution in [0.3, 0.4) is 0 Å². The fourth-order valence-corrected chi connectivity index (χ4v) is 1.98. The molecule has 0 amide bonds. The standard InChI is InChI=1S/C16H18N2O3/c1-11-3-8-14(16(19)20)15(18-11)17-10-9-12-4-6-13(21-2)7-5-12/h3-8H,9-10H2,1-2H3,(H,17,18)(H,19,20). The molecule has 0 saturated heterocycles. The summed E-state index contributed by atoms with van der Waals surface area (Å²) < 4.78 is 5.11. The van der Waals surface area contributed by atoms with Crippen LogP contribution in [0.4, 0.5) is 5.82 Å². The Morgan fingerprint density at radius 3 is 2.57 bits per heavy atom. The molecule has 1 heterocycles. The van der Waals surface area contributed by atoms with Crippen LogP contribution < -0.4 is 10.1 Å². The van der Waals surface area contributed by atoms with Crippen LogP contribution >= 0.6 is 0 Å². The van der Waals surface area contributed by atoms with Gasteiger partial charge in [-0.25, -0.2) is 9.78 Å². The number of ether oxygens (including phenoxy) is 1. The molecule has 0 atom stereocenters. The van der Waals surface area contributed by atoms with Crippen molar-refractivity contribution in [3.63, 3.8) is 0 Å². The average Bonchev–Trinajstić information content (AvgIpc) is 2.48. The highest BCUT2D eigenvalue weighted by atomic mass is 16.5. The van der Waals surface area contributed by atoms with E-state index >= 15 is 0 Å².